The summed E-state index contributed by atoms with van der Waals surface area (Å²) in [5.41, 5.74) is 2.09. The second-order valence-electron chi connectivity index (χ2n) is 5.22. The molecule has 0 radical (unpaired) electrons. The Morgan fingerprint density at radius 2 is 2.11 bits per heavy atom. The van der Waals surface area contributed by atoms with Gasteiger partial charge < -0.3 is 10.2 Å². The number of anilines is 1. The molecule has 0 atom stereocenters. The second kappa shape index (κ2) is 7.11. The van der Waals surface area contributed by atoms with Gasteiger partial charge in [-0.05, 0) is 31.5 Å². The predicted octanol–water partition coefficient (Wildman–Crippen LogP) is 2.23. The van der Waals surface area contributed by atoms with Crippen LogP contribution in [0.4, 0.5) is 5.82 Å². The highest BCUT2D eigenvalue weighted by molar-refractivity contribution is 5.37. The average Bonchev–Trinajstić information content (AvgIpc) is 2.28. The first-order valence-corrected chi connectivity index (χ1v) is 6.38. The van der Waals surface area contributed by atoms with E-state index in [2.05, 4.69) is 35.9 Å². The monoisotopic (exact) mass is 248 g/mol. The highest BCUT2D eigenvalue weighted by atomic mass is 15.2. The average molecular weight is 248 g/mol. The number of nitrogens with zero attached hydrogens (tertiary/aromatic N) is 3. The topological polar surface area (TPSA) is 41.0 Å². The van der Waals surface area contributed by atoms with Crippen molar-refractivity contribution >= 4 is 5.82 Å². The van der Waals surface area contributed by atoms with Gasteiger partial charge in [-0.3, -0.25) is 0 Å². The first kappa shape index (κ1) is 14.6. The molecular weight excluding hydrogens is 224 g/mol. The fourth-order valence-corrected chi connectivity index (χ4v) is 1.63. The first-order chi connectivity index (χ1) is 8.49. The fourth-order valence-electron chi connectivity index (χ4n) is 1.63. The summed E-state index contributed by atoms with van der Waals surface area (Å²) in [5, 5.41) is 11.8. The quantitative estimate of drug-likeness (QED) is 0.751. The maximum absolute atomic E-state index is 4.22. The van der Waals surface area contributed by atoms with E-state index in [1.165, 1.54) is 0 Å². The van der Waals surface area contributed by atoms with Crippen LogP contribution in [0.1, 0.15) is 26.5 Å². The molecule has 1 N–H and O–H groups in total. The summed E-state index contributed by atoms with van der Waals surface area (Å²) in [5.74, 6) is 1.53. The molecule has 0 saturated heterocycles. The lowest BCUT2D eigenvalue weighted by molar-refractivity contribution is 0.546. The van der Waals surface area contributed by atoms with Gasteiger partial charge in [0.05, 0.1) is 5.69 Å². The SMILES string of the molecule is C=C(C)CN(C)c1ccc(CNCC(C)C)nn1. The van der Waals surface area contributed by atoms with Crippen LogP contribution in [0.15, 0.2) is 24.3 Å². The van der Waals surface area contributed by atoms with Crippen LogP contribution in [0.5, 0.6) is 0 Å². The molecule has 18 heavy (non-hydrogen) atoms. The normalized spacial score (nSPS) is 10.7. The molecule has 100 valence electrons. The molecule has 4 nitrogen and oxygen atoms in total. The van der Waals surface area contributed by atoms with Gasteiger partial charge in [0.15, 0.2) is 5.82 Å². The van der Waals surface area contributed by atoms with E-state index in [9.17, 15) is 0 Å². The molecule has 0 spiro atoms. The van der Waals surface area contributed by atoms with Gasteiger partial charge >= 0.3 is 0 Å². The summed E-state index contributed by atoms with van der Waals surface area (Å²) >= 11 is 0. The molecule has 1 aromatic rings. The van der Waals surface area contributed by atoms with E-state index >= 15 is 0 Å². The number of hydrogen-bond acceptors (Lipinski definition) is 4. The van der Waals surface area contributed by atoms with Crippen LogP contribution in [0, 0.1) is 5.92 Å². The van der Waals surface area contributed by atoms with Crippen molar-refractivity contribution in [1.29, 1.82) is 0 Å². The van der Waals surface area contributed by atoms with Gasteiger partial charge in [-0.25, -0.2) is 0 Å². The highest BCUT2D eigenvalue weighted by Crippen LogP contribution is 2.08. The Kier molecular flexibility index (Phi) is 5.78. The highest BCUT2D eigenvalue weighted by Gasteiger charge is 2.03. The lowest BCUT2D eigenvalue weighted by Crippen LogP contribution is -2.22. The van der Waals surface area contributed by atoms with Crippen molar-refractivity contribution in [3.8, 4) is 0 Å². The van der Waals surface area contributed by atoms with Crippen LogP contribution in [0.3, 0.4) is 0 Å². The largest absolute Gasteiger partial charge is 0.354 e. The molecular formula is C14H24N4. The van der Waals surface area contributed by atoms with Crippen molar-refractivity contribution in [1.82, 2.24) is 15.5 Å². The number of nitrogens with one attached hydrogen (secondary N) is 1. The Labute approximate surface area is 110 Å². The summed E-state index contributed by atoms with van der Waals surface area (Å²) in [6, 6.07) is 4.02. The van der Waals surface area contributed by atoms with Crippen molar-refractivity contribution < 1.29 is 0 Å². The third-order valence-electron chi connectivity index (χ3n) is 2.46. The van der Waals surface area contributed by atoms with Gasteiger partial charge in [-0.1, -0.05) is 26.0 Å². The van der Waals surface area contributed by atoms with Crippen LogP contribution in [-0.4, -0.2) is 30.3 Å². The molecule has 4 heteroatoms. The molecule has 0 saturated carbocycles. The zero-order valence-corrected chi connectivity index (χ0v) is 11.9. The minimum absolute atomic E-state index is 0.652. The van der Waals surface area contributed by atoms with Crippen LogP contribution in [0.25, 0.3) is 0 Å². The van der Waals surface area contributed by atoms with Crippen LogP contribution >= 0.6 is 0 Å². The third kappa shape index (κ3) is 5.27. The number of aromatic nitrogens is 2. The van der Waals surface area contributed by atoms with Crippen LogP contribution in [0.2, 0.25) is 0 Å². The van der Waals surface area contributed by atoms with E-state index in [1.807, 2.05) is 31.0 Å². The molecule has 0 aliphatic carbocycles. The molecule has 0 amide bonds. The van der Waals surface area contributed by atoms with Gasteiger partial charge in [0.25, 0.3) is 0 Å². The van der Waals surface area contributed by atoms with E-state index in [0.29, 0.717) is 5.92 Å². The van der Waals surface area contributed by atoms with Crippen LogP contribution in [-0.2, 0) is 6.54 Å². The van der Waals surface area contributed by atoms with E-state index < -0.39 is 0 Å². The number of likely N-dealkylation sites (N-methyl/N-ethyl adjacent to an activating group) is 1. The second-order valence-corrected chi connectivity index (χ2v) is 5.22. The van der Waals surface area contributed by atoms with Crippen molar-refractivity contribution in [2.45, 2.75) is 27.3 Å². The Balaban J connectivity index is 2.49. The standard InChI is InChI=1S/C14H24N4/c1-11(2)8-15-9-13-6-7-14(17-16-13)18(5)10-12(3)4/h6-7,11,15H,3,8-10H2,1-2,4-5H3. The molecule has 0 unspecified atom stereocenters. The Morgan fingerprint density at radius 1 is 1.39 bits per heavy atom. The smallest absolute Gasteiger partial charge is 0.151 e. The van der Waals surface area contributed by atoms with Gasteiger partial charge in [0.2, 0.25) is 0 Å². The summed E-state index contributed by atoms with van der Waals surface area (Å²) in [7, 11) is 2.00. The minimum Gasteiger partial charge on any atom is -0.354 e. The first-order valence-electron chi connectivity index (χ1n) is 6.38. The van der Waals surface area contributed by atoms with Crippen LogP contribution < -0.4 is 10.2 Å². The molecule has 0 bridgehead atoms. The Bertz CT molecular complexity index is 370. The van der Waals surface area contributed by atoms with E-state index in [0.717, 1.165) is 36.7 Å². The van der Waals surface area contributed by atoms with Crippen molar-refractivity contribution in [2.24, 2.45) is 5.92 Å². The maximum atomic E-state index is 4.22. The van der Waals surface area contributed by atoms with E-state index in [-0.39, 0.29) is 0 Å². The molecule has 0 aliphatic heterocycles. The molecule has 0 aliphatic rings. The van der Waals surface area contributed by atoms with Crippen molar-refractivity contribution in [2.75, 3.05) is 25.0 Å². The zero-order chi connectivity index (χ0) is 13.5. The zero-order valence-electron chi connectivity index (χ0n) is 11.9. The number of hydrogen-bond donors (Lipinski definition) is 1. The van der Waals surface area contributed by atoms with Gasteiger partial charge in [0, 0.05) is 20.1 Å². The molecule has 0 fully saturated rings. The third-order valence-corrected chi connectivity index (χ3v) is 2.46. The lowest BCUT2D eigenvalue weighted by atomic mass is 10.2. The summed E-state index contributed by atoms with van der Waals surface area (Å²) in [6.45, 7) is 12.9. The number of rotatable bonds is 7. The molecule has 0 aromatic carbocycles. The lowest BCUT2D eigenvalue weighted by Gasteiger charge is -2.17. The molecule has 1 aromatic heterocycles. The van der Waals surface area contributed by atoms with Crippen molar-refractivity contribution in [3.05, 3.63) is 30.0 Å². The van der Waals surface area contributed by atoms with E-state index in [1.54, 1.807) is 0 Å². The van der Waals surface area contributed by atoms with E-state index in [4.69, 9.17) is 0 Å². The predicted molar refractivity (Wildman–Crippen MR) is 76.7 cm³/mol. The fraction of sp³-hybridized carbons (Fsp3) is 0.571. The van der Waals surface area contributed by atoms with Gasteiger partial charge in [-0.2, -0.15) is 5.10 Å². The van der Waals surface area contributed by atoms with Gasteiger partial charge in [0.1, 0.15) is 0 Å². The summed E-state index contributed by atoms with van der Waals surface area (Å²) < 4.78 is 0. The minimum atomic E-state index is 0.652. The summed E-state index contributed by atoms with van der Waals surface area (Å²) in [6.07, 6.45) is 0. The van der Waals surface area contributed by atoms with Gasteiger partial charge in [-0.15, -0.1) is 5.10 Å². The van der Waals surface area contributed by atoms with Crippen molar-refractivity contribution in [3.63, 3.8) is 0 Å². The maximum Gasteiger partial charge on any atom is 0.151 e. The molecule has 1 rings (SSSR count). The Hall–Kier alpha value is -1.42. The summed E-state index contributed by atoms with van der Waals surface area (Å²) in [4.78, 5) is 2.04. The Morgan fingerprint density at radius 3 is 2.61 bits per heavy atom. The molecule has 1 heterocycles.